The van der Waals surface area contributed by atoms with Gasteiger partial charge in [0.15, 0.2) is 0 Å². The number of amides is 1. The second-order valence-corrected chi connectivity index (χ2v) is 8.76. The summed E-state index contributed by atoms with van der Waals surface area (Å²) in [5.41, 5.74) is 1.77. The van der Waals surface area contributed by atoms with E-state index >= 15 is 0 Å². The molecule has 0 aromatic heterocycles. The molecule has 0 spiro atoms. The fraction of sp³-hybridized carbons (Fsp3) is 0.333. The molecule has 2 aromatic carbocycles. The van der Waals surface area contributed by atoms with Gasteiger partial charge in [-0.15, -0.1) is 0 Å². The summed E-state index contributed by atoms with van der Waals surface area (Å²) in [4.78, 5) is 14.6. The van der Waals surface area contributed by atoms with E-state index in [0.717, 1.165) is 11.8 Å². The molecule has 7 heteroatoms. The molecule has 1 amide bonds. The average molecular weight is 400 g/mol. The van der Waals surface area contributed by atoms with Crippen molar-refractivity contribution in [2.45, 2.75) is 32.9 Å². The van der Waals surface area contributed by atoms with E-state index in [1.165, 1.54) is 10.4 Å². The number of nitriles is 1. The molecule has 0 fully saturated rings. The summed E-state index contributed by atoms with van der Waals surface area (Å²) in [6.45, 7) is 4.36. The van der Waals surface area contributed by atoms with Crippen molar-refractivity contribution in [3.63, 3.8) is 0 Å². The number of rotatable bonds is 8. The molecule has 0 atom stereocenters. The van der Waals surface area contributed by atoms with Crippen LogP contribution in [0.15, 0.2) is 54.6 Å². The molecular formula is C21H25N3O3S. The summed E-state index contributed by atoms with van der Waals surface area (Å²) in [5, 5.41) is 9.06. The molecule has 0 aliphatic carbocycles. The quantitative estimate of drug-likeness (QED) is 0.683. The molecule has 0 saturated heterocycles. The van der Waals surface area contributed by atoms with Crippen LogP contribution < -0.4 is 4.31 Å². The Hall–Kier alpha value is -2.85. The fourth-order valence-corrected chi connectivity index (χ4v) is 3.82. The number of benzene rings is 2. The first-order valence-electron chi connectivity index (χ1n) is 9.03. The molecule has 0 aliphatic heterocycles. The van der Waals surface area contributed by atoms with Gasteiger partial charge in [-0.2, -0.15) is 5.26 Å². The Morgan fingerprint density at radius 1 is 1.11 bits per heavy atom. The van der Waals surface area contributed by atoms with Crippen molar-refractivity contribution in [1.29, 1.82) is 5.26 Å². The number of carbonyl (C=O) groups is 1. The van der Waals surface area contributed by atoms with Crippen LogP contribution >= 0.6 is 0 Å². The molecular weight excluding hydrogens is 374 g/mol. The molecule has 2 aromatic rings. The average Bonchev–Trinajstić information content (AvgIpc) is 2.65. The van der Waals surface area contributed by atoms with E-state index in [9.17, 15) is 13.2 Å². The first kappa shape index (κ1) is 21.5. The molecule has 0 saturated carbocycles. The maximum atomic E-state index is 12.8. The molecule has 0 N–H and O–H groups in total. The third kappa shape index (κ3) is 5.83. The molecule has 2 rings (SSSR count). The van der Waals surface area contributed by atoms with Crippen molar-refractivity contribution in [2.75, 3.05) is 17.1 Å². The lowest BCUT2D eigenvalue weighted by Gasteiger charge is -2.29. The summed E-state index contributed by atoms with van der Waals surface area (Å²) in [6, 6.07) is 18.0. The van der Waals surface area contributed by atoms with Gasteiger partial charge in [0.25, 0.3) is 0 Å². The molecule has 148 valence electrons. The standard InChI is InChI=1S/C21H25N3O3S/c1-17(2)23(16-18-8-5-4-6-9-18)21(25)12-13-24(28(3,26)27)20-11-7-10-19(14-20)15-22/h4-11,14,17H,12-13,16H2,1-3H3. The highest BCUT2D eigenvalue weighted by atomic mass is 32.2. The normalized spacial score (nSPS) is 11.1. The number of sulfonamides is 1. The molecule has 0 radical (unpaired) electrons. The van der Waals surface area contributed by atoms with E-state index in [0.29, 0.717) is 17.8 Å². The Morgan fingerprint density at radius 2 is 1.79 bits per heavy atom. The van der Waals surface area contributed by atoms with Gasteiger partial charge in [-0.3, -0.25) is 9.10 Å². The van der Waals surface area contributed by atoms with Crippen LogP contribution in [0.5, 0.6) is 0 Å². The third-order valence-electron chi connectivity index (χ3n) is 4.33. The highest BCUT2D eigenvalue weighted by molar-refractivity contribution is 7.92. The van der Waals surface area contributed by atoms with Gasteiger partial charge in [0.05, 0.1) is 23.6 Å². The zero-order valence-electron chi connectivity index (χ0n) is 16.4. The SMILES string of the molecule is CC(C)N(Cc1ccccc1)C(=O)CCN(c1cccc(C#N)c1)S(C)(=O)=O. The summed E-state index contributed by atoms with van der Waals surface area (Å²) in [5.74, 6) is -0.121. The number of hydrogen-bond donors (Lipinski definition) is 0. The molecule has 0 aliphatic rings. The Bertz CT molecular complexity index is 950. The van der Waals surface area contributed by atoms with Gasteiger partial charge in [0.2, 0.25) is 15.9 Å². The van der Waals surface area contributed by atoms with Crippen molar-refractivity contribution in [3.8, 4) is 6.07 Å². The molecule has 0 bridgehead atoms. The van der Waals surface area contributed by atoms with Crippen LogP contribution in [-0.2, 0) is 21.4 Å². The van der Waals surface area contributed by atoms with Crippen molar-refractivity contribution in [2.24, 2.45) is 0 Å². The van der Waals surface area contributed by atoms with E-state index in [1.807, 2.05) is 50.2 Å². The first-order chi connectivity index (χ1) is 13.2. The van der Waals surface area contributed by atoms with Gasteiger partial charge in [-0.25, -0.2) is 8.42 Å². The minimum Gasteiger partial charge on any atom is -0.336 e. The van der Waals surface area contributed by atoms with Crippen molar-refractivity contribution in [3.05, 3.63) is 65.7 Å². The summed E-state index contributed by atoms with van der Waals surface area (Å²) in [6.07, 6.45) is 1.15. The van der Waals surface area contributed by atoms with Gasteiger partial charge < -0.3 is 4.90 Å². The van der Waals surface area contributed by atoms with Crippen molar-refractivity contribution < 1.29 is 13.2 Å². The maximum Gasteiger partial charge on any atom is 0.232 e. The predicted octanol–water partition coefficient (Wildman–Crippen LogP) is 3.15. The lowest BCUT2D eigenvalue weighted by Crippen LogP contribution is -2.39. The second-order valence-electron chi connectivity index (χ2n) is 6.85. The lowest BCUT2D eigenvalue weighted by molar-refractivity contribution is -0.133. The highest BCUT2D eigenvalue weighted by Gasteiger charge is 2.22. The lowest BCUT2D eigenvalue weighted by atomic mass is 10.1. The van der Waals surface area contributed by atoms with Crippen LogP contribution in [0.25, 0.3) is 0 Å². The van der Waals surface area contributed by atoms with Gasteiger partial charge in [-0.1, -0.05) is 36.4 Å². The number of anilines is 1. The number of nitrogens with zero attached hydrogens (tertiary/aromatic N) is 3. The van der Waals surface area contributed by atoms with Crippen LogP contribution in [0.3, 0.4) is 0 Å². The Labute approximate surface area is 167 Å². The molecule has 0 heterocycles. The van der Waals surface area contributed by atoms with E-state index in [1.54, 1.807) is 23.1 Å². The van der Waals surface area contributed by atoms with Crippen LogP contribution in [0, 0.1) is 11.3 Å². The Morgan fingerprint density at radius 3 is 2.36 bits per heavy atom. The van der Waals surface area contributed by atoms with E-state index < -0.39 is 10.0 Å². The van der Waals surface area contributed by atoms with Gasteiger partial charge in [-0.05, 0) is 37.6 Å². The predicted molar refractivity (Wildman–Crippen MR) is 110 cm³/mol. The maximum absolute atomic E-state index is 12.8. The van der Waals surface area contributed by atoms with Crippen molar-refractivity contribution >= 4 is 21.6 Å². The highest BCUT2D eigenvalue weighted by Crippen LogP contribution is 2.20. The Kier molecular flexibility index (Phi) is 7.18. The summed E-state index contributed by atoms with van der Waals surface area (Å²) in [7, 11) is -3.59. The number of carbonyl (C=O) groups excluding carboxylic acids is 1. The topological polar surface area (TPSA) is 81.5 Å². The minimum atomic E-state index is -3.59. The van der Waals surface area contributed by atoms with Crippen LogP contribution in [0.4, 0.5) is 5.69 Å². The second kappa shape index (κ2) is 9.38. The van der Waals surface area contributed by atoms with E-state index in [4.69, 9.17) is 5.26 Å². The van der Waals surface area contributed by atoms with Gasteiger partial charge in [0, 0.05) is 25.6 Å². The smallest absolute Gasteiger partial charge is 0.232 e. The molecule has 6 nitrogen and oxygen atoms in total. The Balaban J connectivity index is 2.16. The zero-order valence-corrected chi connectivity index (χ0v) is 17.2. The summed E-state index contributed by atoms with van der Waals surface area (Å²) >= 11 is 0. The monoisotopic (exact) mass is 399 g/mol. The third-order valence-corrected chi connectivity index (χ3v) is 5.53. The molecule has 0 unspecified atom stereocenters. The minimum absolute atomic E-state index is 0.0127. The van der Waals surface area contributed by atoms with Crippen molar-refractivity contribution in [1.82, 2.24) is 4.90 Å². The molecule has 28 heavy (non-hydrogen) atoms. The fourth-order valence-electron chi connectivity index (χ4n) is 2.90. The van der Waals surface area contributed by atoms with Crippen LogP contribution in [0.2, 0.25) is 0 Å². The summed E-state index contributed by atoms with van der Waals surface area (Å²) < 4.78 is 25.7. The zero-order chi connectivity index (χ0) is 20.7. The van der Waals surface area contributed by atoms with Gasteiger partial charge >= 0.3 is 0 Å². The first-order valence-corrected chi connectivity index (χ1v) is 10.9. The van der Waals surface area contributed by atoms with E-state index in [2.05, 4.69) is 0 Å². The van der Waals surface area contributed by atoms with Crippen LogP contribution in [-0.4, -0.2) is 38.1 Å². The van der Waals surface area contributed by atoms with Gasteiger partial charge in [0.1, 0.15) is 0 Å². The van der Waals surface area contributed by atoms with Crippen LogP contribution in [0.1, 0.15) is 31.4 Å². The number of hydrogen-bond acceptors (Lipinski definition) is 4. The largest absolute Gasteiger partial charge is 0.336 e. The van der Waals surface area contributed by atoms with E-state index in [-0.39, 0.29) is 24.9 Å².